The highest BCUT2D eigenvalue weighted by Crippen LogP contribution is 2.24. The molecule has 1 fully saturated rings. The van der Waals surface area contributed by atoms with Crippen molar-refractivity contribution in [2.24, 2.45) is 0 Å². The molecule has 2 aromatic rings. The molecule has 1 aliphatic heterocycles. The summed E-state index contributed by atoms with van der Waals surface area (Å²) in [6.45, 7) is 10.4. The van der Waals surface area contributed by atoms with Crippen LogP contribution < -0.4 is 4.90 Å². The summed E-state index contributed by atoms with van der Waals surface area (Å²) >= 11 is 3.59. The fourth-order valence-electron chi connectivity index (χ4n) is 2.78. The van der Waals surface area contributed by atoms with Gasteiger partial charge in [0.25, 0.3) is 0 Å². The van der Waals surface area contributed by atoms with Crippen LogP contribution in [0.4, 0.5) is 10.6 Å². The van der Waals surface area contributed by atoms with Gasteiger partial charge in [0, 0.05) is 32.4 Å². The summed E-state index contributed by atoms with van der Waals surface area (Å²) in [6.07, 6.45) is 2.54. The van der Waals surface area contributed by atoms with E-state index in [1.807, 2.05) is 33.0 Å². The minimum absolute atomic E-state index is 0.248. The molecule has 0 aromatic carbocycles. The zero-order valence-electron chi connectivity index (χ0n) is 15.1. The number of anilines is 1. The van der Waals surface area contributed by atoms with Crippen molar-refractivity contribution in [3.8, 4) is 0 Å². The van der Waals surface area contributed by atoms with Gasteiger partial charge in [-0.25, -0.2) is 14.3 Å². The van der Waals surface area contributed by atoms with Crippen molar-refractivity contribution in [2.45, 2.75) is 39.7 Å². The number of aryl methyl sites for hydroxylation is 1. The van der Waals surface area contributed by atoms with Crippen LogP contribution in [-0.4, -0.2) is 57.4 Å². The molecule has 0 bridgehead atoms. The molecule has 25 heavy (non-hydrogen) atoms. The van der Waals surface area contributed by atoms with Gasteiger partial charge in [0.2, 0.25) is 0 Å². The van der Waals surface area contributed by atoms with Crippen LogP contribution in [0, 0.1) is 0 Å². The second-order valence-corrected chi connectivity index (χ2v) is 7.92. The highest BCUT2D eigenvalue weighted by atomic mass is 79.9. The lowest BCUT2D eigenvalue weighted by Gasteiger charge is -2.36. The Labute approximate surface area is 156 Å². The van der Waals surface area contributed by atoms with Crippen LogP contribution in [0.2, 0.25) is 0 Å². The predicted molar refractivity (Wildman–Crippen MR) is 100 cm³/mol. The third kappa shape index (κ3) is 3.89. The Morgan fingerprint density at radius 2 is 1.96 bits per heavy atom. The number of ether oxygens (including phenoxy) is 1. The average Bonchev–Trinajstić information content (AvgIpc) is 2.89. The van der Waals surface area contributed by atoms with E-state index < -0.39 is 5.60 Å². The largest absolute Gasteiger partial charge is 0.444 e. The van der Waals surface area contributed by atoms with Crippen molar-refractivity contribution in [2.75, 3.05) is 31.1 Å². The van der Waals surface area contributed by atoms with E-state index in [4.69, 9.17) is 9.72 Å². The summed E-state index contributed by atoms with van der Waals surface area (Å²) in [4.78, 5) is 20.8. The van der Waals surface area contributed by atoms with Crippen molar-refractivity contribution in [3.05, 3.63) is 22.4 Å². The molecule has 7 nitrogen and oxygen atoms in total. The number of piperazine rings is 1. The quantitative estimate of drug-likeness (QED) is 0.762. The Hall–Kier alpha value is -1.83. The zero-order valence-corrected chi connectivity index (χ0v) is 16.7. The van der Waals surface area contributed by atoms with Crippen LogP contribution in [-0.2, 0) is 11.2 Å². The molecule has 8 heteroatoms. The first kappa shape index (κ1) is 18.0. The molecular weight excluding hydrogens is 386 g/mol. The number of hydrogen-bond acceptors (Lipinski definition) is 5. The molecule has 0 radical (unpaired) electrons. The second kappa shape index (κ2) is 6.82. The maximum atomic E-state index is 12.2. The van der Waals surface area contributed by atoms with Crippen LogP contribution in [0.25, 0.3) is 5.65 Å². The Kier molecular flexibility index (Phi) is 4.90. The smallest absolute Gasteiger partial charge is 0.410 e. The van der Waals surface area contributed by atoms with E-state index in [1.165, 1.54) is 0 Å². The number of hydrogen-bond donors (Lipinski definition) is 0. The standard InChI is InChI=1S/C17H24BrN5O2/c1-5-12-14(18)15-19-13(6-7-23(15)20-12)21-8-10-22(11-9-21)16(24)25-17(2,3)4/h6-7H,5,8-11H2,1-4H3. The average molecular weight is 410 g/mol. The van der Waals surface area contributed by atoms with Crippen molar-refractivity contribution in [1.29, 1.82) is 0 Å². The Balaban J connectivity index is 1.69. The van der Waals surface area contributed by atoms with Crippen LogP contribution in [0.1, 0.15) is 33.4 Å². The van der Waals surface area contributed by atoms with Gasteiger partial charge < -0.3 is 14.5 Å². The summed E-state index contributed by atoms with van der Waals surface area (Å²) in [5, 5.41) is 4.51. The van der Waals surface area contributed by atoms with E-state index in [2.05, 4.69) is 32.9 Å². The molecule has 2 aromatic heterocycles. The molecule has 0 unspecified atom stereocenters. The number of carbonyl (C=O) groups excluding carboxylic acids is 1. The van der Waals surface area contributed by atoms with Crippen molar-refractivity contribution < 1.29 is 9.53 Å². The van der Waals surface area contributed by atoms with Crippen molar-refractivity contribution >= 4 is 33.5 Å². The van der Waals surface area contributed by atoms with Gasteiger partial charge in [0.1, 0.15) is 11.4 Å². The van der Waals surface area contributed by atoms with Gasteiger partial charge >= 0.3 is 6.09 Å². The maximum absolute atomic E-state index is 12.2. The van der Waals surface area contributed by atoms with Crippen LogP contribution in [0.15, 0.2) is 16.7 Å². The predicted octanol–water partition coefficient (Wildman–Crippen LogP) is 3.11. The topological polar surface area (TPSA) is 63.0 Å². The van der Waals surface area contributed by atoms with E-state index in [-0.39, 0.29) is 6.09 Å². The van der Waals surface area contributed by atoms with E-state index in [0.717, 1.165) is 41.1 Å². The van der Waals surface area contributed by atoms with Gasteiger partial charge in [0.15, 0.2) is 5.65 Å². The number of halogens is 1. The van der Waals surface area contributed by atoms with Crippen molar-refractivity contribution in [1.82, 2.24) is 19.5 Å². The van der Waals surface area contributed by atoms with E-state index in [1.54, 1.807) is 9.42 Å². The van der Waals surface area contributed by atoms with Crippen LogP contribution >= 0.6 is 15.9 Å². The second-order valence-electron chi connectivity index (χ2n) is 7.12. The lowest BCUT2D eigenvalue weighted by atomic mass is 10.2. The summed E-state index contributed by atoms with van der Waals surface area (Å²) in [5.74, 6) is 0.902. The highest BCUT2D eigenvalue weighted by Gasteiger charge is 2.26. The molecule has 0 saturated carbocycles. The lowest BCUT2D eigenvalue weighted by molar-refractivity contribution is 0.0240. The first-order valence-corrected chi connectivity index (χ1v) is 9.34. The Bertz CT molecular complexity index is 775. The molecular formula is C17H24BrN5O2. The van der Waals surface area contributed by atoms with Gasteiger partial charge in [-0.15, -0.1) is 0 Å². The number of carbonyl (C=O) groups is 1. The number of fused-ring (bicyclic) bond motifs is 1. The van der Waals surface area contributed by atoms with Crippen LogP contribution in [0.3, 0.4) is 0 Å². The summed E-state index contributed by atoms with van der Waals surface area (Å²) in [7, 11) is 0. The SMILES string of the molecule is CCc1nn2ccc(N3CCN(C(=O)OC(C)(C)C)CC3)nc2c1Br. The van der Waals surface area contributed by atoms with E-state index in [9.17, 15) is 4.79 Å². The normalized spacial score (nSPS) is 15.7. The fourth-order valence-corrected chi connectivity index (χ4v) is 3.41. The van der Waals surface area contributed by atoms with Gasteiger partial charge in [0.05, 0.1) is 10.2 Å². The first-order valence-electron chi connectivity index (χ1n) is 8.55. The molecule has 1 amide bonds. The minimum Gasteiger partial charge on any atom is -0.444 e. The zero-order chi connectivity index (χ0) is 18.2. The molecule has 136 valence electrons. The summed E-state index contributed by atoms with van der Waals surface area (Å²) in [6, 6.07) is 1.97. The number of aromatic nitrogens is 3. The molecule has 1 aliphatic rings. The summed E-state index contributed by atoms with van der Waals surface area (Å²) in [5.41, 5.74) is 1.36. The van der Waals surface area contributed by atoms with E-state index in [0.29, 0.717) is 13.1 Å². The monoisotopic (exact) mass is 409 g/mol. The van der Waals surface area contributed by atoms with Gasteiger partial charge in [-0.1, -0.05) is 6.92 Å². The van der Waals surface area contributed by atoms with Gasteiger partial charge in [-0.05, 0) is 49.2 Å². The third-order valence-electron chi connectivity index (χ3n) is 4.07. The van der Waals surface area contributed by atoms with Gasteiger partial charge in [-0.3, -0.25) is 0 Å². The Morgan fingerprint density at radius 1 is 1.28 bits per heavy atom. The maximum Gasteiger partial charge on any atom is 0.410 e. The third-order valence-corrected chi connectivity index (χ3v) is 4.88. The minimum atomic E-state index is -0.466. The molecule has 0 N–H and O–H groups in total. The van der Waals surface area contributed by atoms with Gasteiger partial charge in [-0.2, -0.15) is 5.10 Å². The number of rotatable bonds is 2. The summed E-state index contributed by atoms with van der Waals surface area (Å²) < 4.78 is 8.19. The lowest BCUT2D eigenvalue weighted by Crippen LogP contribution is -2.50. The molecule has 0 aliphatic carbocycles. The fraction of sp³-hybridized carbons (Fsp3) is 0.588. The highest BCUT2D eigenvalue weighted by molar-refractivity contribution is 9.10. The first-order chi connectivity index (χ1) is 11.8. The molecule has 3 rings (SSSR count). The number of nitrogens with zero attached hydrogens (tertiary/aromatic N) is 5. The molecule has 0 atom stereocenters. The molecule has 0 spiro atoms. The number of amides is 1. The van der Waals surface area contributed by atoms with Crippen LogP contribution in [0.5, 0.6) is 0 Å². The van der Waals surface area contributed by atoms with Crippen molar-refractivity contribution in [3.63, 3.8) is 0 Å². The Morgan fingerprint density at radius 3 is 2.56 bits per heavy atom. The molecule has 3 heterocycles. The molecule has 1 saturated heterocycles. The van der Waals surface area contributed by atoms with E-state index >= 15 is 0 Å².